The normalized spacial score (nSPS) is 14.3. The molecule has 0 atom stereocenters. The van der Waals surface area contributed by atoms with Gasteiger partial charge in [0, 0.05) is 30.8 Å². The van der Waals surface area contributed by atoms with Crippen LogP contribution < -0.4 is 19.7 Å². The van der Waals surface area contributed by atoms with E-state index in [0.29, 0.717) is 30.8 Å². The van der Waals surface area contributed by atoms with Crippen molar-refractivity contribution in [2.24, 2.45) is 0 Å². The number of carbonyl (C=O) groups is 2. The molecule has 0 spiro atoms. The van der Waals surface area contributed by atoms with Gasteiger partial charge in [-0.15, -0.1) is 0 Å². The number of rotatable bonds is 4. The zero-order valence-electron chi connectivity index (χ0n) is 14.6. The van der Waals surface area contributed by atoms with Gasteiger partial charge in [-0.25, -0.2) is 0 Å². The van der Waals surface area contributed by atoms with E-state index in [1.54, 1.807) is 11.0 Å². The molecule has 6 heteroatoms. The molecule has 2 amide bonds. The van der Waals surface area contributed by atoms with Gasteiger partial charge in [0.15, 0.2) is 11.5 Å². The summed E-state index contributed by atoms with van der Waals surface area (Å²) in [6.45, 7) is 3.19. The SMILES string of the molecule is CCC(=O)N1CCc2cc(C(=O)NCc3ccc4c(c3)OCO4)ccc21. The molecule has 2 aromatic rings. The van der Waals surface area contributed by atoms with Crippen LogP contribution in [0.3, 0.4) is 0 Å². The van der Waals surface area contributed by atoms with Gasteiger partial charge in [0.05, 0.1) is 0 Å². The van der Waals surface area contributed by atoms with E-state index in [1.165, 1.54) is 0 Å². The first-order chi connectivity index (χ1) is 12.7. The van der Waals surface area contributed by atoms with Gasteiger partial charge in [-0.3, -0.25) is 9.59 Å². The number of ether oxygens (including phenoxy) is 2. The van der Waals surface area contributed by atoms with Crippen LogP contribution in [0.4, 0.5) is 5.69 Å². The first-order valence-electron chi connectivity index (χ1n) is 8.75. The van der Waals surface area contributed by atoms with E-state index in [9.17, 15) is 9.59 Å². The van der Waals surface area contributed by atoms with Gasteiger partial charge in [0.25, 0.3) is 5.91 Å². The Kier molecular flexibility index (Phi) is 4.24. The van der Waals surface area contributed by atoms with E-state index in [0.717, 1.165) is 29.0 Å². The minimum absolute atomic E-state index is 0.115. The largest absolute Gasteiger partial charge is 0.454 e. The number of carbonyl (C=O) groups excluding carboxylic acids is 2. The Morgan fingerprint density at radius 2 is 1.96 bits per heavy atom. The second kappa shape index (κ2) is 6.71. The molecule has 0 saturated heterocycles. The lowest BCUT2D eigenvalue weighted by Gasteiger charge is -2.16. The summed E-state index contributed by atoms with van der Waals surface area (Å²) in [6, 6.07) is 11.1. The van der Waals surface area contributed by atoms with Crippen molar-refractivity contribution in [2.45, 2.75) is 26.3 Å². The van der Waals surface area contributed by atoms with Gasteiger partial charge in [0.1, 0.15) is 0 Å². The molecule has 0 aliphatic carbocycles. The first kappa shape index (κ1) is 16.4. The number of benzene rings is 2. The molecule has 0 fully saturated rings. The average Bonchev–Trinajstić information content (AvgIpc) is 3.31. The molecular weight excluding hydrogens is 332 g/mol. The summed E-state index contributed by atoms with van der Waals surface area (Å²) in [7, 11) is 0. The molecular formula is C20H20N2O4. The summed E-state index contributed by atoms with van der Waals surface area (Å²) >= 11 is 0. The van der Waals surface area contributed by atoms with Gasteiger partial charge in [-0.2, -0.15) is 0 Å². The topological polar surface area (TPSA) is 67.9 Å². The van der Waals surface area contributed by atoms with Gasteiger partial charge in [-0.1, -0.05) is 13.0 Å². The minimum atomic E-state index is -0.134. The van der Waals surface area contributed by atoms with Crippen molar-refractivity contribution in [1.29, 1.82) is 0 Å². The van der Waals surface area contributed by atoms with Gasteiger partial charge < -0.3 is 19.7 Å². The van der Waals surface area contributed by atoms with E-state index in [2.05, 4.69) is 5.32 Å². The van der Waals surface area contributed by atoms with Crippen LogP contribution in [0.2, 0.25) is 0 Å². The molecule has 0 saturated carbocycles. The predicted molar refractivity (Wildman–Crippen MR) is 96.5 cm³/mol. The molecule has 2 aromatic carbocycles. The molecule has 1 N–H and O–H groups in total. The van der Waals surface area contributed by atoms with E-state index in [1.807, 2.05) is 37.3 Å². The number of anilines is 1. The Balaban J connectivity index is 1.43. The monoisotopic (exact) mass is 352 g/mol. The van der Waals surface area contributed by atoms with Gasteiger partial charge in [-0.05, 0) is 47.9 Å². The van der Waals surface area contributed by atoms with Crippen LogP contribution in [0.5, 0.6) is 11.5 Å². The lowest BCUT2D eigenvalue weighted by Crippen LogP contribution is -2.27. The Morgan fingerprint density at radius 1 is 1.12 bits per heavy atom. The minimum Gasteiger partial charge on any atom is -0.454 e. The molecule has 134 valence electrons. The molecule has 6 nitrogen and oxygen atoms in total. The van der Waals surface area contributed by atoms with Crippen LogP contribution in [-0.4, -0.2) is 25.2 Å². The second-order valence-electron chi connectivity index (χ2n) is 6.36. The lowest BCUT2D eigenvalue weighted by molar-refractivity contribution is -0.118. The van der Waals surface area contributed by atoms with Crippen LogP contribution in [-0.2, 0) is 17.8 Å². The quantitative estimate of drug-likeness (QED) is 0.919. The van der Waals surface area contributed by atoms with Gasteiger partial charge in [0.2, 0.25) is 12.7 Å². The van der Waals surface area contributed by atoms with Crippen LogP contribution >= 0.6 is 0 Å². The zero-order valence-corrected chi connectivity index (χ0v) is 14.6. The highest BCUT2D eigenvalue weighted by Gasteiger charge is 2.24. The van der Waals surface area contributed by atoms with E-state index >= 15 is 0 Å². The second-order valence-corrected chi connectivity index (χ2v) is 6.36. The third-order valence-electron chi connectivity index (χ3n) is 4.73. The van der Waals surface area contributed by atoms with Crippen molar-refractivity contribution in [3.63, 3.8) is 0 Å². The maximum absolute atomic E-state index is 12.5. The molecule has 4 rings (SSSR count). The fourth-order valence-corrected chi connectivity index (χ4v) is 3.33. The Bertz CT molecular complexity index is 878. The third-order valence-corrected chi connectivity index (χ3v) is 4.73. The molecule has 2 aliphatic heterocycles. The highest BCUT2D eigenvalue weighted by atomic mass is 16.7. The lowest BCUT2D eigenvalue weighted by atomic mass is 10.1. The standard InChI is InChI=1S/C20H20N2O4/c1-2-19(23)22-8-7-14-10-15(4-5-16(14)22)20(24)21-11-13-3-6-17-18(9-13)26-12-25-17/h3-6,9-10H,2,7-8,11-12H2,1H3,(H,21,24). The van der Waals surface area contributed by atoms with Crippen LogP contribution in [0.1, 0.15) is 34.8 Å². The van der Waals surface area contributed by atoms with E-state index < -0.39 is 0 Å². The fraction of sp³-hybridized carbons (Fsp3) is 0.300. The summed E-state index contributed by atoms with van der Waals surface area (Å²) in [5.41, 5.74) is 3.52. The summed E-state index contributed by atoms with van der Waals surface area (Å²) in [4.78, 5) is 26.2. The van der Waals surface area contributed by atoms with Crippen LogP contribution in [0, 0.1) is 0 Å². The molecule has 2 heterocycles. The fourth-order valence-electron chi connectivity index (χ4n) is 3.33. The smallest absolute Gasteiger partial charge is 0.251 e. The zero-order chi connectivity index (χ0) is 18.1. The number of nitrogens with one attached hydrogen (secondary N) is 1. The summed E-state index contributed by atoms with van der Waals surface area (Å²) in [6.07, 6.45) is 1.27. The van der Waals surface area contributed by atoms with Crippen molar-refractivity contribution in [3.05, 3.63) is 53.1 Å². The average molecular weight is 352 g/mol. The van der Waals surface area contributed by atoms with Crippen molar-refractivity contribution >= 4 is 17.5 Å². The van der Waals surface area contributed by atoms with Crippen LogP contribution in [0.15, 0.2) is 36.4 Å². The number of hydrogen-bond donors (Lipinski definition) is 1. The van der Waals surface area contributed by atoms with Crippen LogP contribution in [0.25, 0.3) is 0 Å². The van der Waals surface area contributed by atoms with E-state index in [-0.39, 0.29) is 18.6 Å². The summed E-state index contributed by atoms with van der Waals surface area (Å²) in [5.74, 6) is 1.41. The molecule has 0 radical (unpaired) electrons. The Hall–Kier alpha value is -3.02. The number of amides is 2. The maximum atomic E-state index is 12.5. The molecule has 0 unspecified atom stereocenters. The van der Waals surface area contributed by atoms with Gasteiger partial charge >= 0.3 is 0 Å². The number of fused-ring (bicyclic) bond motifs is 2. The highest BCUT2D eigenvalue weighted by Crippen LogP contribution is 2.32. The highest BCUT2D eigenvalue weighted by molar-refractivity contribution is 5.98. The van der Waals surface area contributed by atoms with Crippen molar-refractivity contribution < 1.29 is 19.1 Å². The molecule has 2 aliphatic rings. The first-order valence-corrected chi connectivity index (χ1v) is 8.75. The molecule has 0 bridgehead atoms. The van der Waals surface area contributed by atoms with E-state index in [4.69, 9.17) is 9.47 Å². The predicted octanol–water partition coefficient (Wildman–Crippen LogP) is 2.64. The number of nitrogens with zero attached hydrogens (tertiary/aromatic N) is 1. The molecule has 26 heavy (non-hydrogen) atoms. The van der Waals surface area contributed by atoms with Crippen molar-refractivity contribution in [2.75, 3.05) is 18.2 Å². The van der Waals surface area contributed by atoms with Crippen molar-refractivity contribution in [1.82, 2.24) is 5.32 Å². The summed E-state index contributed by atoms with van der Waals surface area (Å²) < 4.78 is 10.6. The summed E-state index contributed by atoms with van der Waals surface area (Å²) in [5, 5.41) is 2.93. The number of hydrogen-bond acceptors (Lipinski definition) is 4. The maximum Gasteiger partial charge on any atom is 0.251 e. The van der Waals surface area contributed by atoms with Crippen molar-refractivity contribution in [3.8, 4) is 11.5 Å². The third kappa shape index (κ3) is 2.98. The molecule has 0 aromatic heterocycles. The Labute approximate surface area is 151 Å². The Morgan fingerprint density at radius 3 is 2.81 bits per heavy atom.